The summed E-state index contributed by atoms with van der Waals surface area (Å²) in [6.45, 7) is 9.67. The van der Waals surface area contributed by atoms with Crippen molar-refractivity contribution in [2.75, 3.05) is 13.1 Å². The molecular formula is C13H27N. The molecule has 1 aliphatic rings. The molecule has 1 heteroatoms. The van der Waals surface area contributed by atoms with Crippen molar-refractivity contribution in [1.82, 2.24) is 4.90 Å². The van der Waals surface area contributed by atoms with Crippen LogP contribution in [0.1, 0.15) is 59.3 Å². The third-order valence-corrected chi connectivity index (χ3v) is 3.56. The molecule has 0 N–H and O–H groups in total. The first-order valence-corrected chi connectivity index (χ1v) is 6.53. The van der Waals surface area contributed by atoms with Crippen molar-refractivity contribution in [3.8, 4) is 0 Å². The number of nitrogens with zero attached hydrogens (tertiary/aromatic N) is 1. The van der Waals surface area contributed by atoms with Gasteiger partial charge in [0, 0.05) is 6.04 Å². The van der Waals surface area contributed by atoms with Gasteiger partial charge in [-0.1, -0.05) is 33.6 Å². The maximum absolute atomic E-state index is 2.74. The Labute approximate surface area is 89.9 Å². The van der Waals surface area contributed by atoms with Crippen LogP contribution in [0.3, 0.4) is 0 Å². The van der Waals surface area contributed by atoms with E-state index in [1.807, 2.05) is 0 Å². The van der Waals surface area contributed by atoms with Gasteiger partial charge in [0.1, 0.15) is 0 Å². The van der Waals surface area contributed by atoms with Crippen molar-refractivity contribution in [2.24, 2.45) is 5.92 Å². The zero-order chi connectivity index (χ0) is 10.4. The molecule has 1 nitrogen and oxygen atoms in total. The van der Waals surface area contributed by atoms with Gasteiger partial charge in [0.25, 0.3) is 0 Å². The van der Waals surface area contributed by atoms with E-state index in [4.69, 9.17) is 0 Å². The van der Waals surface area contributed by atoms with Crippen molar-refractivity contribution in [3.63, 3.8) is 0 Å². The molecule has 0 amide bonds. The highest BCUT2D eigenvalue weighted by molar-refractivity contribution is 4.80. The lowest BCUT2D eigenvalue weighted by molar-refractivity contribution is 0.112. The van der Waals surface area contributed by atoms with E-state index in [0.717, 1.165) is 12.0 Å². The van der Waals surface area contributed by atoms with Crippen molar-refractivity contribution < 1.29 is 0 Å². The normalized spacial score (nSPS) is 28.3. The van der Waals surface area contributed by atoms with Crippen LogP contribution in [0.2, 0.25) is 0 Å². The van der Waals surface area contributed by atoms with Gasteiger partial charge >= 0.3 is 0 Å². The van der Waals surface area contributed by atoms with Gasteiger partial charge in [0.05, 0.1) is 0 Å². The summed E-state index contributed by atoms with van der Waals surface area (Å²) in [5.74, 6) is 0.932. The zero-order valence-corrected chi connectivity index (χ0v) is 10.3. The molecule has 1 rings (SSSR count). The lowest BCUT2D eigenvalue weighted by Crippen LogP contribution is -2.42. The van der Waals surface area contributed by atoms with Crippen LogP contribution >= 0.6 is 0 Å². The van der Waals surface area contributed by atoms with E-state index >= 15 is 0 Å². The molecule has 2 unspecified atom stereocenters. The summed E-state index contributed by atoms with van der Waals surface area (Å²) in [6, 6.07) is 0.892. The molecule has 1 fully saturated rings. The summed E-state index contributed by atoms with van der Waals surface area (Å²) in [6.07, 6.45) is 8.44. The highest BCUT2D eigenvalue weighted by atomic mass is 15.2. The van der Waals surface area contributed by atoms with Gasteiger partial charge in [-0.2, -0.15) is 0 Å². The molecule has 0 radical (unpaired) electrons. The Hall–Kier alpha value is -0.0400. The Bertz CT molecular complexity index is 138. The Morgan fingerprint density at radius 3 is 2.07 bits per heavy atom. The molecule has 2 atom stereocenters. The van der Waals surface area contributed by atoms with Crippen LogP contribution in [0, 0.1) is 5.92 Å². The first kappa shape index (κ1) is 12.0. The molecule has 1 saturated carbocycles. The Morgan fingerprint density at radius 1 is 1.00 bits per heavy atom. The van der Waals surface area contributed by atoms with E-state index in [2.05, 4.69) is 25.7 Å². The summed E-state index contributed by atoms with van der Waals surface area (Å²) in [4.78, 5) is 2.74. The standard InChI is InChI=1S/C13H27N/c1-4-10-14(11-5-2)13-9-7-6-8-12(13)3/h12-13H,4-11H2,1-3H3. The Morgan fingerprint density at radius 2 is 1.57 bits per heavy atom. The molecule has 84 valence electrons. The SMILES string of the molecule is CCCN(CCC)C1CCCCC1C. The molecule has 0 saturated heterocycles. The maximum Gasteiger partial charge on any atom is 0.0121 e. The van der Waals surface area contributed by atoms with Gasteiger partial charge in [0.2, 0.25) is 0 Å². The van der Waals surface area contributed by atoms with Crippen LogP contribution < -0.4 is 0 Å². The molecule has 0 aromatic heterocycles. The molecule has 0 bridgehead atoms. The molecule has 0 spiro atoms. The van der Waals surface area contributed by atoms with E-state index in [1.165, 1.54) is 51.6 Å². The van der Waals surface area contributed by atoms with Crippen LogP contribution in [-0.4, -0.2) is 24.0 Å². The summed E-state index contributed by atoms with van der Waals surface area (Å²) in [5.41, 5.74) is 0. The highest BCUT2D eigenvalue weighted by Gasteiger charge is 2.25. The van der Waals surface area contributed by atoms with Crippen LogP contribution in [0.4, 0.5) is 0 Å². The van der Waals surface area contributed by atoms with E-state index in [1.54, 1.807) is 0 Å². The fourth-order valence-corrected chi connectivity index (χ4v) is 2.86. The van der Waals surface area contributed by atoms with E-state index < -0.39 is 0 Å². The van der Waals surface area contributed by atoms with Gasteiger partial charge in [0.15, 0.2) is 0 Å². The molecule has 0 heterocycles. The molecule has 14 heavy (non-hydrogen) atoms. The summed E-state index contributed by atoms with van der Waals surface area (Å²) in [5, 5.41) is 0. The van der Waals surface area contributed by atoms with Crippen LogP contribution in [0.15, 0.2) is 0 Å². The van der Waals surface area contributed by atoms with Crippen LogP contribution in [-0.2, 0) is 0 Å². The molecule has 0 aromatic rings. The summed E-state index contributed by atoms with van der Waals surface area (Å²) < 4.78 is 0. The summed E-state index contributed by atoms with van der Waals surface area (Å²) >= 11 is 0. The van der Waals surface area contributed by atoms with Gasteiger partial charge in [-0.25, -0.2) is 0 Å². The van der Waals surface area contributed by atoms with Crippen molar-refractivity contribution >= 4 is 0 Å². The minimum Gasteiger partial charge on any atom is -0.300 e. The topological polar surface area (TPSA) is 3.24 Å². The third kappa shape index (κ3) is 3.27. The lowest BCUT2D eigenvalue weighted by Gasteiger charge is -2.38. The van der Waals surface area contributed by atoms with E-state index in [9.17, 15) is 0 Å². The first-order valence-electron chi connectivity index (χ1n) is 6.53. The van der Waals surface area contributed by atoms with Crippen LogP contribution in [0.5, 0.6) is 0 Å². The number of rotatable bonds is 5. The molecule has 0 aromatic carbocycles. The fourth-order valence-electron chi connectivity index (χ4n) is 2.86. The van der Waals surface area contributed by atoms with Gasteiger partial charge in [-0.15, -0.1) is 0 Å². The minimum atomic E-state index is 0.892. The minimum absolute atomic E-state index is 0.892. The quantitative estimate of drug-likeness (QED) is 0.650. The maximum atomic E-state index is 2.74. The number of hydrogen-bond donors (Lipinski definition) is 0. The lowest BCUT2D eigenvalue weighted by atomic mass is 9.84. The molecule has 1 aliphatic carbocycles. The van der Waals surface area contributed by atoms with Gasteiger partial charge in [-0.05, 0) is 44.7 Å². The summed E-state index contributed by atoms with van der Waals surface area (Å²) in [7, 11) is 0. The molecular weight excluding hydrogens is 170 g/mol. The average Bonchev–Trinajstić information content (AvgIpc) is 2.18. The Balaban J connectivity index is 2.46. The van der Waals surface area contributed by atoms with Crippen LogP contribution in [0.25, 0.3) is 0 Å². The highest BCUT2D eigenvalue weighted by Crippen LogP contribution is 2.28. The number of hydrogen-bond acceptors (Lipinski definition) is 1. The average molecular weight is 197 g/mol. The largest absolute Gasteiger partial charge is 0.300 e. The van der Waals surface area contributed by atoms with Crippen molar-refractivity contribution in [3.05, 3.63) is 0 Å². The van der Waals surface area contributed by atoms with Gasteiger partial charge in [-0.3, -0.25) is 0 Å². The smallest absolute Gasteiger partial charge is 0.0121 e. The predicted molar refractivity (Wildman–Crippen MR) is 63.6 cm³/mol. The monoisotopic (exact) mass is 197 g/mol. The van der Waals surface area contributed by atoms with Crippen molar-refractivity contribution in [1.29, 1.82) is 0 Å². The van der Waals surface area contributed by atoms with Gasteiger partial charge < -0.3 is 4.90 Å². The van der Waals surface area contributed by atoms with Crippen molar-refractivity contribution in [2.45, 2.75) is 65.3 Å². The first-order chi connectivity index (χ1) is 6.79. The van der Waals surface area contributed by atoms with E-state index in [-0.39, 0.29) is 0 Å². The zero-order valence-electron chi connectivity index (χ0n) is 10.3. The molecule has 0 aliphatic heterocycles. The predicted octanol–water partition coefficient (Wildman–Crippen LogP) is 3.69. The fraction of sp³-hybridized carbons (Fsp3) is 1.00. The second-order valence-corrected chi connectivity index (χ2v) is 4.87. The second kappa shape index (κ2) is 6.44. The second-order valence-electron chi connectivity index (χ2n) is 4.87. The third-order valence-electron chi connectivity index (χ3n) is 3.56. The Kier molecular flexibility index (Phi) is 5.54. The van der Waals surface area contributed by atoms with E-state index in [0.29, 0.717) is 0 Å².